The zero-order valence-corrected chi connectivity index (χ0v) is 14.2. The van der Waals surface area contributed by atoms with Crippen molar-refractivity contribution >= 4 is 0 Å². The van der Waals surface area contributed by atoms with Crippen LogP contribution in [0.2, 0.25) is 0 Å². The number of hydrogen-bond acceptors (Lipinski definition) is 5. The molecular formula is C19H20FN3O2. The van der Waals surface area contributed by atoms with Gasteiger partial charge in [-0.15, -0.1) is 0 Å². The van der Waals surface area contributed by atoms with Gasteiger partial charge in [-0.2, -0.15) is 4.98 Å². The SMILES string of the molecule is CCOc1ccc(-c2noc(CNC(C)c3ccccc3F)n2)cc1. The molecule has 0 amide bonds. The van der Waals surface area contributed by atoms with Crippen LogP contribution in [0.4, 0.5) is 4.39 Å². The first-order valence-electron chi connectivity index (χ1n) is 8.21. The molecule has 1 unspecified atom stereocenters. The summed E-state index contributed by atoms with van der Waals surface area (Å²) in [6, 6.07) is 14.0. The Labute approximate surface area is 145 Å². The summed E-state index contributed by atoms with van der Waals surface area (Å²) < 4.78 is 24.5. The van der Waals surface area contributed by atoms with Crippen LogP contribution in [0.3, 0.4) is 0 Å². The number of hydrogen-bond donors (Lipinski definition) is 1. The van der Waals surface area contributed by atoms with Gasteiger partial charge in [-0.05, 0) is 44.2 Å². The van der Waals surface area contributed by atoms with Gasteiger partial charge in [0, 0.05) is 17.2 Å². The Morgan fingerprint density at radius 1 is 1.16 bits per heavy atom. The fraction of sp³-hybridized carbons (Fsp3) is 0.263. The van der Waals surface area contributed by atoms with Crippen molar-refractivity contribution in [2.45, 2.75) is 26.4 Å². The summed E-state index contributed by atoms with van der Waals surface area (Å²) >= 11 is 0. The number of nitrogens with one attached hydrogen (secondary N) is 1. The minimum absolute atomic E-state index is 0.165. The number of nitrogens with zero attached hydrogens (tertiary/aromatic N) is 2. The highest BCUT2D eigenvalue weighted by molar-refractivity contribution is 5.55. The van der Waals surface area contributed by atoms with E-state index in [0.717, 1.165) is 11.3 Å². The average Bonchev–Trinajstić information content (AvgIpc) is 3.10. The van der Waals surface area contributed by atoms with Crippen molar-refractivity contribution in [1.82, 2.24) is 15.5 Å². The quantitative estimate of drug-likeness (QED) is 0.700. The van der Waals surface area contributed by atoms with Gasteiger partial charge < -0.3 is 14.6 Å². The molecule has 2 aromatic carbocycles. The van der Waals surface area contributed by atoms with Crippen molar-refractivity contribution < 1.29 is 13.7 Å². The third-order valence-electron chi connectivity index (χ3n) is 3.82. The maximum Gasteiger partial charge on any atom is 0.240 e. The standard InChI is InChI=1S/C19H20FN3O2/c1-3-24-15-10-8-14(9-11-15)19-22-18(25-23-19)12-21-13(2)16-6-4-5-7-17(16)20/h4-11,13,21H,3,12H2,1-2H3. The Morgan fingerprint density at radius 3 is 2.64 bits per heavy atom. The van der Waals surface area contributed by atoms with Crippen LogP contribution >= 0.6 is 0 Å². The van der Waals surface area contributed by atoms with Gasteiger partial charge in [-0.3, -0.25) is 0 Å². The third-order valence-corrected chi connectivity index (χ3v) is 3.82. The van der Waals surface area contributed by atoms with Crippen molar-refractivity contribution in [3.63, 3.8) is 0 Å². The highest BCUT2D eigenvalue weighted by atomic mass is 19.1. The van der Waals surface area contributed by atoms with Crippen LogP contribution in [0.25, 0.3) is 11.4 Å². The summed E-state index contributed by atoms with van der Waals surface area (Å²) in [5, 5.41) is 7.18. The Bertz CT molecular complexity index is 818. The molecule has 0 aliphatic carbocycles. The molecule has 1 heterocycles. The maximum absolute atomic E-state index is 13.8. The number of aromatic nitrogens is 2. The Morgan fingerprint density at radius 2 is 1.92 bits per heavy atom. The van der Waals surface area contributed by atoms with Crippen molar-refractivity contribution in [1.29, 1.82) is 0 Å². The predicted molar refractivity (Wildman–Crippen MR) is 92.6 cm³/mol. The molecule has 0 saturated heterocycles. The highest BCUT2D eigenvalue weighted by Gasteiger charge is 2.13. The Kier molecular flexibility index (Phi) is 5.40. The van der Waals surface area contributed by atoms with Crippen LogP contribution in [-0.4, -0.2) is 16.7 Å². The number of benzene rings is 2. The Balaban J connectivity index is 1.63. The van der Waals surface area contributed by atoms with Gasteiger partial charge in [0.15, 0.2) is 0 Å². The van der Waals surface area contributed by atoms with Crippen LogP contribution in [0.5, 0.6) is 5.75 Å². The van der Waals surface area contributed by atoms with E-state index in [0.29, 0.717) is 30.4 Å². The molecule has 3 rings (SSSR count). The zero-order chi connectivity index (χ0) is 17.6. The van der Waals surface area contributed by atoms with E-state index in [9.17, 15) is 4.39 Å². The van der Waals surface area contributed by atoms with E-state index in [4.69, 9.17) is 9.26 Å². The summed E-state index contributed by atoms with van der Waals surface area (Å²) in [6.07, 6.45) is 0. The summed E-state index contributed by atoms with van der Waals surface area (Å²) in [4.78, 5) is 4.37. The second-order valence-corrected chi connectivity index (χ2v) is 5.59. The van der Waals surface area contributed by atoms with Crippen molar-refractivity contribution in [2.24, 2.45) is 0 Å². The van der Waals surface area contributed by atoms with Crippen LogP contribution in [0.15, 0.2) is 53.1 Å². The first kappa shape index (κ1) is 17.1. The lowest BCUT2D eigenvalue weighted by Crippen LogP contribution is -2.19. The maximum atomic E-state index is 13.8. The molecule has 1 N–H and O–H groups in total. The lowest BCUT2D eigenvalue weighted by Gasteiger charge is -2.13. The van der Waals surface area contributed by atoms with Crippen molar-refractivity contribution in [3.8, 4) is 17.1 Å². The lowest BCUT2D eigenvalue weighted by atomic mass is 10.1. The van der Waals surface area contributed by atoms with Gasteiger partial charge in [-0.1, -0.05) is 23.4 Å². The predicted octanol–water partition coefficient (Wildman–Crippen LogP) is 4.13. The Hall–Kier alpha value is -2.73. The molecule has 6 heteroatoms. The van der Waals surface area contributed by atoms with E-state index >= 15 is 0 Å². The van der Waals surface area contributed by atoms with Crippen LogP contribution in [-0.2, 0) is 6.54 Å². The number of ether oxygens (including phenoxy) is 1. The highest BCUT2D eigenvalue weighted by Crippen LogP contribution is 2.21. The van der Waals surface area contributed by atoms with Gasteiger partial charge >= 0.3 is 0 Å². The molecular weight excluding hydrogens is 321 g/mol. The summed E-state index contributed by atoms with van der Waals surface area (Å²) in [7, 11) is 0. The second-order valence-electron chi connectivity index (χ2n) is 5.59. The van der Waals surface area contributed by atoms with Crippen molar-refractivity contribution in [2.75, 3.05) is 6.61 Å². The van der Waals surface area contributed by atoms with Gasteiger partial charge in [0.2, 0.25) is 11.7 Å². The minimum Gasteiger partial charge on any atom is -0.494 e. The first-order chi connectivity index (χ1) is 12.2. The molecule has 0 saturated carbocycles. The third kappa shape index (κ3) is 4.22. The van der Waals surface area contributed by atoms with E-state index in [1.54, 1.807) is 12.1 Å². The molecule has 0 aliphatic rings. The topological polar surface area (TPSA) is 60.2 Å². The molecule has 0 spiro atoms. The van der Waals surface area contributed by atoms with Crippen molar-refractivity contribution in [3.05, 3.63) is 65.8 Å². The van der Waals surface area contributed by atoms with Gasteiger partial charge in [0.05, 0.1) is 13.2 Å². The molecule has 0 bridgehead atoms. The van der Waals surface area contributed by atoms with E-state index in [1.807, 2.05) is 44.2 Å². The molecule has 1 atom stereocenters. The fourth-order valence-corrected chi connectivity index (χ4v) is 2.49. The molecule has 0 aliphatic heterocycles. The lowest BCUT2D eigenvalue weighted by molar-refractivity contribution is 0.340. The minimum atomic E-state index is -0.233. The van der Waals surface area contributed by atoms with Gasteiger partial charge in [-0.25, -0.2) is 4.39 Å². The largest absolute Gasteiger partial charge is 0.494 e. The van der Waals surface area contributed by atoms with E-state index in [2.05, 4.69) is 15.5 Å². The summed E-state index contributed by atoms with van der Waals surface area (Å²) in [5.41, 5.74) is 1.45. The summed E-state index contributed by atoms with van der Waals surface area (Å²) in [5.74, 6) is 1.53. The molecule has 130 valence electrons. The number of halogens is 1. The van der Waals surface area contributed by atoms with E-state index in [-0.39, 0.29) is 11.9 Å². The second kappa shape index (κ2) is 7.90. The normalized spacial score (nSPS) is 12.1. The van der Waals surface area contributed by atoms with E-state index < -0.39 is 0 Å². The monoisotopic (exact) mass is 341 g/mol. The number of rotatable bonds is 7. The molecule has 0 radical (unpaired) electrons. The fourth-order valence-electron chi connectivity index (χ4n) is 2.49. The molecule has 5 nitrogen and oxygen atoms in total. The molecule has 0 fully saturated rings. The van der Waals surface area contributed by atoms with E-state index in [1.165, 1.54) is 6.07 Å². The zero-order valence-electron chi connectivity index (χ0n) is 14.2. The molecule has 25 heavy (non-hydrogen) atoms. The van der Waals surface area contributed by atoms with Gasteiger partial charge in [0.25, 0.3) is 0 Å². The average molecular weight is 341 g/mol. The van der Waals surface area contributed by atoms with Crippen LogP contribution in [0.1, 0.15) is 31.3 Å². The summed E-state index contributed by atoms with van der Waals surface area (Å²) in [6.45, 7) is 4.81. The van der Waals surface area contributed by atoms with Gasteiger partial charge in [0.1, 0.15) is 11.6 Å². The smallest absolute Gasteiger partial charge is 0.240 e. The van der Waals surface area contributed by atoms with Crippen LogP contribution < -0.4 is 10.1 Å². The van der Waals surface area contributed by atoms with Crippen LogP contribution in [0, 0.1) is 5.82 Å². The first-order valence-corrected chi connectivity index (χ1v) is 8.21. The molecule has 1 aromatic heterocycles. The molecule has 3 aromatic rings.